The lowest BCUT2D eigenvalue weighted by Crippen LogP contribution is -2.48. The van der Waals surface area contributed by atoms with Crippen LogP contribution in [0.4, 0.5) is 10.5 Å². The van der Waals surface area contributed by atoms with Gasteiger partial charge in [-0.05, 0) is 36.4 Å². The number of fused-ring (bicyclic) bond motifs is 2. The van der Waals surface area contributed by atoms with Crippen LogP contribution in [0.15, 0.2) is 48.8 Å². The molecule has 0 saturated carbocycles. The van der Waals surface area contributed by atoms with Crippen LogP contribution in [-0.4, -0.2) is 52.2 Å². The molecule has 2 bridgehead atoms. The van der Waals surface area contributed by atoms with Crippen LogP contribution in [0.1, 0.15) is 0 Å². The molecule has 0 radical (unpaired) electrons. The lowest BCUT2D eigenvalue weighted by atomic mass is 10.3. The second-order valence-corrected chi connectivity index (χ2v) is 5.16. The largest absolute Gasteiger partial charge is 0.465 e. The predicted molar refractivity (Wildman–Crippen MR) is 92.8 cm³/mol. The van der Waals surface area contributed by atoms with Gasteiger partial charge in [0.25, 0.3) is 0 Å². The minimum absolute atomic E-state index is 0. The van der Waals surface area contributed by atoms with Crippen molar-refractivity contribution < 1.29 is 9.90 Å². The number of piperazine rings is 1. The SMILES string of the molecule is Cl.O=C(O)N1CCN(c2ccncc2)CC1.c1cc2ccc1[nH]2. The third kappa shape index (κ3) is 4.26. The van der Waals surface area contributed by atoms with Crippen LogP contribution in [0.5, 0.6) is 0 Å². The first kappa shape index (κ1) is 16.9. The molecule has 0 aliphatic carbocycles. The fourth-order valence-corrected chi connectivity index (χ4v) is 2.51. The van der Waals surface area contributed by atoms with E-state index in [0.29, 0.717) is 13.1 Å². The number of carbonyl (C=O) groups is 1. The molecule has 0 unspecified atom stereocenters. The van der Waals surface area contributed by atoms with Gasteiger partial charge in [-0.3, -0.25) is 4.98 Å². The molecule has 4 heterocycles. The van der Waals surface area contributed by atoms with Gasteiger partial charge in [0, 0.05) is 55.3 Å². The molecule has 1 aliphatic rings. The van der Waals surface area contributed by atoms with E-state index < -0.39 is 6.09 Å². The molecule has 4 rings (SSSR count). The maximum Gasteiger partial charge on any atom is 0.407 e. The van der Waals surface area contributed by atoms with Gasteiger partial charge in [-0.2, -0.15) is 0 Å². The molecular formula is C16H19ClN4O2. The molecule has 7 heteroatoms. The monoisotopic (exact) mass is 334 g/mol. The summed E-state index contributed by atoms with van der Waals surface area (Å²) in [6.45, 7) is 2.63. The summed E-state index contributed by atoms with van der Waals surface area (Å²) in [7, 11) is 0. The van der Waals surface area contributed by atoms with Crippen molar-refractivity contribution in [2.24, 2.45) is 0 Å². The predicted octanol–water partition coefficient (Wildman–Crippen LogP) is 2.91. The van der Waals surface area contributed by atoms with Gasteiger partial charge in [-0.15, -0.1) is 12.4 Å². The van der Waals surface area contributed by atoms with Gasteiger partial charge in [-0.25, -0.2) is 4.79 Å². The molecule has 23 heavy (non-hydrogen) atoms. The van der Waals surface area contributed by atoms with Crippen molar-refractivity contribution in [3.8, 4) is 0 Å². The molecule has 1 fully saturated rings. The Morgan fingerprint density at radius 2 is 1.48 bits per heavy atom. The summed E-state index contributed by atoms with van der Waals surface area (Å²) in [6.07, 6.45) is 2.67. The molecule has 1 amide bonds. The van der Waals surface area contributed by atoms with Gasteiger partial charge in [0.2, 0.25) is 0 Å². The van der Waals surface area contributed by atoms with E-state index in [9.17, 15) is 4.79 Å². The molecule has 0 spiro atoms. The van der Waals surface area contributed by atoms with Crippen molar-refractivity contribution in [2.75, 3.05) is 31.1 Å². The third-order valence-electron chi connectivity index (χ3n) is 3.75. The van der Waals surface area contributed by atoms with Crippen molar-refractivity contribution >= 4 is 35.2 Å². The summed E-state index contributed by atoms with van der Waals surface area (Å²) in [6, 6.07) is 12.1. The number of H-pyrrole nitrogens is 1. The van der Waals surface area contributed by atoms with E-state index in [4.69, 9.17) is 5.11 Å². The highest BCUT2D eigenvalue weighted by atomic mass is 35.5. The Morgan fingerprint density at radius 3 is 1.87 bits per heavy atom. The number of halogens is 1. The fourth-order valence-electron chi connectivity index (χ4n) is 2.51. The smallest absolute Gasteiger partial charge is 0.407 e. The number of aromatic nitrogens is 2. The second-order valence-electron chi connectivity index (χ2n) is 5.16. The number of carboxylic acid groups (broad SMARTS) is 1. The Labute approximate surface area is 140 Å². The zero-order valence-electron chi connectivity index (χ0n) is 12.6. The maximum atomic E-state index is 10.7. The molecule has 2 N–H and O–H groups in total. The number of pyridine rings is 1. The summed E-state index contributed by atoms with van der Waals surface area (Å²) < 4.78 is 0. The first-order valence-electron chi connectivity index (χ1n) is 7.22. The number of benzene rings is 1. The van der Waals surface area contributed by atoms with E-state index in [1.54, 1.807) is 12.4 Å². The van der Waals surface area contributed by atoms with Gasteiger partial charge >= 0.3 is 6.09 Å². The number of hydrogen-bond acceptors (Lipinski definition) is 3. The number of rotatable bonds is 1. The lowest BCUT2D eigenvalue weighted by Gasteiger charge is -2.34. The van der Waals surface area contributed by atoms with E-state index in [0.717, 1.165) is 18.8 Å². The normalized spacial score (nSPS) is 14.1. The summed E-state index contributed by atoms with van der Waals surface area (Å²) >= 11 is 0. The van der Waals surface area contributed by atoms with E-state index in [1.807, 2.05) is 12.1 Å². The molecule has 6 nitrogen and oxygen atoms in total. The summed E-state index contributed by atoms with van der Waals surface area (Å²) in [4.78, 5) is 21.4. The van der Waals surface area contributed by atoms with Crippen molar-refractivity contribution in [3.63, 3.8) is 0 Å². The molecule has 0 atom stereocenters. The Balaban J connectivity index is 0.000000200. The molecule has 3 aromatic heterocycles. The Hall–Kier alpha value is -2.47. The molecule has 0 aromatic carbocycles. The second kappa shape index (κ2) is 7.69. The van der Waals surface area contributed by atoms with Crippen LogP contribution >= 0.6 is 12.4 Å². The third-order valence-corrected chi connectivity index (χ3v) is 3.75. The van der Waals surface area contributed by atoms with Crippen LogP contribution in [0.2, 0.25) is 0 Å². The quantitative estimate of drug-likeness (QED) is 0.717. The number of anilines is 1. The highest BCUT2D eigenvalue weighted by Gasteiger charge is 2.20. The van der Waals surface area contributed by atoms with Gasteiger partial charge in [0.15, 0.2) is 0 Å². The Bertz CT molecular complexity index is 665. The number of aromatic amines is 1. The summed E-state index contributed by atoms with van der Waals surface area (Å²) in [5.74, 6) is 0. The van der Waals surface area contributed by atoms with Crippen molar-refractivity contribution in [2.45, 2.75) is 0 Å². The minimum Gasteiger partial charge on any atom is -0.465 e. The number of nitrogens with one attached hydrogen (secondary N) is 1. The van der Waals surface area contributed by atoms with Crippen molar-refractivity contribution in [1.82, 2.24) is 14.9 Å². The first-order valence-corrected chi connectivity index (χ1v) is 7.22. The topological polar surface area (TPSA) is 72.5 Å². The fraction of sp³-hybridized carbons (Fsp3) is 0.250. The average Bonchev–Trinajstić information content (AvgIpc) is 3.22. The van der Waals surface area contributed by atoms with Gasteiger partial charge in [0.1, 0.15) is 0 Å². The number of hydrogen-bond donors (Lipinski definition) is 2. The standard InChI is InChI=1S/C10H13N3O2.C6H5N.ClH/c14-10(15)13-7-5-12(6-8-13)9-1-3-11-4-2-9;1-2-6-4-3-5(1)7-6;/h1-4H,5-8H2,(H,14,15);1-4,7H;1H. The van der Waals surface area contributed by atoms with Crippen LogP contribution in [0.25, 0.3) is 11.0 Å². The van der Waals surface area contributed by atoms with E-state index in [2.05, 4.69) is 39.1 Å². The molecule has 122 valence electrons. The number of amides is 1. The zero-order chi connectivity index (χ0) is 15.4. The Kier molecular flexibility index (Phi) is 5.65. The first-order chi connectivity index (χ1) is 10.7. The maximum absolute atomic E-state index is 10.7. The molecular weight excluding hydrogens is 316 g/mol. The highest BCUT2D eigenvalue weighted by molar-refractivity contribution is 5.85. The van der Waals surface area contributed by atoms with Crippen molar-refractivity contribution in [3.05, 3.63) is 48.8 Å². The number of nitrogens with zero attached hydrogens (tertiary/aromatic N) is 3. The summed E-state index contributed by atoms with van der Waals surface area (Å²) in [5.41, 5.74) is 3.54. The van der Waals surface area contributed by atoms with Gasteiger partial charge in [0.05, 0.1) is 0 Å². The van der Waals surface area contributed by atoms with E-state index in [1.165, 1.54) is 15.9 Å². The van der Waals surface area contributed by atoms with Crippen molar-refractivity contribution in [1.29, 1.82) is 0 Å². The highest BCUT2D eigenvalue weighted by Crippen LogP contribution is 2.14. The van der Waals surface area contributed by atoms with Crippen LogP contribution in [0.3, 0.4) is 0 Å². The van der Waals surface area contributed by atoms with Crippen LogP contribution < -0.4 is 4.90 Å². The van der Waals surface area contributed by atoms with Crippen LogP contribution in [-0.2, 0) is 0 Å². The van der Waals surface area contributed by atoms with Gasteiger partial charge < -0.3 is 19.9 Å². The summed E-state index contributed by atoms with van der Waals surface area (Å²) in [5, 5.41) is 8.79. The zero-order valence-corrected chi connectivity index (χ0v) is 13.4. The van der Waals surface area contributed by atoms with E-state index >= 15 is 0 Å². The minimum atomic E-state index is -0.829. The molecule has 1 saturated heterocycles. The molecule has 1 aliphatic heterocycles. The molecule has 3 aromatic rings. The van der Waals surface area contributed by atoms with Crippen LogP contribution in [0, 0.1) is 0 Å². The van der Waals surface area contributed by atoms with E-state index in [-0.39, 0.29) is 12.4 Å². The lowest BCUT2D eigenvalue weighted by molar-refractivity contribution is 0.142. The Morgan fingerprint density at radius 1 is 0.957 bits per heavy atom. The average molecular weight is 335 g/mol. The van der Waals surface area contributed by atoms with Gasteiger partial charge in [-0.1, -0.05) is 0 Å².